The average Bonchev–Trinajstić information content (AvgIpc) is 3.60. The number of hydrogen-bond acceptors (Lipinski definition) is 8. The average molecular weight is 723 g/mol. The number of Topliss-reactive ketones (excluding diaryl/α,β-unsaturated/α-hetero) is 1. The number of likely N-dealkylation sites (N-methyl/N-ethyl adjacent to an activating group) is 1. The summed E-state index contributed by atoms with van der Waals surface area (Å²) in [6.45, 7) is 10.1. The van der Waals surface area contributed by atoms with Gasteiger partial charge in [0.05, 0.1) is 19.3 Å². The van der Waals surface area contributed by atoms with Crippen LogP contribution in [-0.2, 0) is 23.9 Å². The van der Waals surface area contributed by atoms with E-state index in [-0.39, 0.29) is 18.0 Å². The number of nitrogens with zero attached hydrogens (tertiary/aromatic N) is 2. The van der Waals surface area contributed by atoms with Crippen LogP contribution in [0.25, 0.3) is 10.8 Å². The normalized spacial score (nSPS) is 21.1. The molecule has 2 aromatic carbocycles. The molecule has 2 saturated carbocycles. The van der Waals surface area contributed by atoms with Crippen molar-refractivity contribution >= 4 is 40.7 Å². The second-order valence-corrected chi connectivity index (χ2v) is 14.2. The van der Waals surface area contributed by atoms with Crippen LogP contribution < -0.4 is 21.8 Å². The summed E-state index contributed by atoms with van der Waals surface area (Å²) in [7, 11) is 1.69. The van der Waals surface area contributed by atoms with Crippen LogP contribution in [0.4, 0.5) is 0 Å². The highest BCUT2D eigenvalue weighted by Crippen LogP contribution is 2.31. The molecule has 4 fully saturated rings. The molecule has 2 aliphatic heterocycles. The second kappa shape index (κ2) is 21.6. The molecule has 0 spiro atoms. The molecule has 2 saturated heterocycles. The van der Waals surface area contributed by atoms with Crippen molar-refractivity contribution in [3.63, 3.8) is 0 Å². The monoisotopic (exact) mass is 722 g/mol. The molecular weight excluding hydrogens is 660 g/mol. The number of ketones is 1. The lowest BCUT2D eigenvalue weighted by molar-refractivity contribution is -0.147. The fourth-order valence-electron chi connectivity index (χ4n) is 7.08. The van der Waals surface area contributed by atoms with E-state index in [0.29, 0.717) is 52.0 Å². The number of hydrazine groups is 1. The van der Waals surface area contributed by atoms with Crippen LogP contribution >= 0.6 is 0 Å². The topological polar surface area (TPSA) is 163 Å². The highest BCUT2D eigenvalue weighted by Gasteiger charge is 2.47. The lowest BCUT2D eigenvalue weighted by Gasteiger charge is -2.38. The quantitative estimate of drug-likeness (QED) is 0.127. The number of fused-ring (bicyclic) bond motifs is 1. The third-order valence-corrected chi connectivity index (χ3v) is 10.3. The van der Waals surface area contributed by atoms with Gasteiger partial charge < -0.3 is 25.6 Å². The highest BCUT2D eigenvalue weighted by molar-refractivity contribution is 6.40. The van der Waals surface area contributed by atoms with Crippen molar-refractivity contribution in [3.05, 3.63) is 48.0 Å². The Labute approximate surface area is 309 Å². The van der Waals surface area contributed by atoms with Crippen molar-refractivity contribution in [3.8, 4) is 0 Å². The lowest BCUT2D eigenvalue weighted by atomic mass is 9.77. The highest BCUT2D eigenvalue weighted by atomic mass is 16.5. The molecule has 0 aromatic heterocycles. The van der Waals surface area contributed by atoms with E-state index >= 15 is 0 Å². The molecule has 288 valence electrons. The van der Waals surface area contributed by atoms with Gasteiger partial charge in [0, 0.05) is 31.7 Å². The Morgan fingerprint density at radius 3 is 2.13 bits per heavy atom. The molecule has 12 nitrogen and oxygen atoms in total. The number of nitrogens with two attached hydrogens (primary N) is 1. The summed E-state index contributed by atoms with van der Waals surface area (Å²) in [5, 5.41) is 12.0. The van der Waals surface area contributed by atoms with Crippen LogP contribution in [0.5, 0.6) is 0 Å². The van der Waals surface area contributed by atoms with E-state index in [0.717, 1.165) is 41.5 Å². The molecule has 6 rings (SSSR count). The van der Waals surface area contributed by atoms with Crippen LogP contribution in [0.15, 0.2) is 42.5 Å². The first-order valence-electron chi connectivity index (χ1n) is 19.3. The van der Waals surface area contributed by atoms with Crippen LogP contribution in [0, 0.1) is 5.92 Å². The van der Waals surface area contributed by atoms with Crippen molar-refractivity contribution in [2.75, 3.05) is 33.4 Å². The van der Waals surface area contributed by atoms with Gasteiger partial charge in [-0.2, -0.15) is 0 Å². The van der Waals surface area contributed by atoms with Crippen molar-refractivity contribution < 1.29 is 28.7 Å². The van der Waals surface area contributed by atoms with E-state index in [2.05, 4.69) is 22.9 Å². The minimum atomic E-state index is -1.22. The van der Waals surface area contributed by atoms with E-state index in [1.807, 2.05) is 63.2 Å². The third-order valence-electron chi connectivity index (χ3n) is 10.3. The van der Waals surface area contributed by atoms with Crippen LogP contribution in [0.3, 0.4) is 0 Å². The first-order valence-corrected chi connectivity index (χ1v) is 19.3. The maximum absolute atomic E-state index is 13.0. The zero-order valence-electron chi connectivity index (χ0n) is 32.0. The number of carbonyl (C=O) groups excluding carboxylic acids is 5. The number of nitrogens with one attached hydrogen (secondary N) is 3. The van der Waals surface area contributed by atoms with Crippen LogP contribution in [-0.4, -0.2) is 96.8 Å². The summed E-state index contributed by atoms with van der Waals surface area (Å²) >= 11 is 0. The van der Waals surface area contributed by atoms with Gasteiger partial charge in [0.25, 0.3) is 11.8 Å². The van der Waals surface area contributed by atoms with Gasteiger partial charge in [-0.25, -0.2) is 5.01 Å². The maximum atomic E-state index is 13.0. The van der Waals surface area contributed by atoms with Gasteiger partial charge >= 0.3 is 0 Å². The number of benzene rings is 2. The number of carbonyl (C=O) groups is 5. The first-order chi connectivity index (χ1) is 25.1. The van der Waals surface area contributed by atoms with Gasteiger partial charge in [0.2, 0.25) is 18.1 Å². The molecule has 2 aliphatic carbocycles. The first kappa shape index (κ1) is 42.5. The molecule has 5 N–H and O–H groups in total. The van der Waals surface area contributed by atoms with E-state index < -0.39 is 29.2 Å². The fraction of sp³-hybridized carbons (Fsp3) is 0.625. The van der Waals surface area contributed by atoms with E-state index in [1.54, 1.807) is 7.05 Å². The summed E-state index contributed by atoms with van der Waals surface area (Å²) in [6, 6.07) is 12.8. The van der Waals surface area contributed by atoms with Crippen LogP contribution in [0.2, 0.25) is 0 Å². The Bertz CT molecular complexity index is 1450. The molecule has 0 bridgehead atoms. The summed E-state index contributed by atoms with van der Waals surface area (Å²) < 4.78 is 5.02. The van der Waals surface area contributed by atoms with Gasteiger partial charge in [-0.15, -0.1) is 0 Å². The minimum Gasteiger partial charge on any atom is -0.377 e. The Kier molecular flexibility index (Phi) is 17.7. The summed E-state index contributed by atoms with van der Waals surface area (Å²) in [6.07, 6.45) is 11.7. The smallest absolute Gasteiger partial charge is 0.290 e. The number of amides is 4. The Morgan fingerprint density at radius 1 is 0.962 bits per heavy atom. The number of hydrogen-bond donors (Lipinski definition) is 4. The molecule has 52 heavy (non-hydrogen) atoms. The third kappa shape index (κ3) is 12.1. The van der Waals surface area contributed by atoms with Gasteiger partial charge in [-0.05, 0) is 55.0 Å². The van der Waals surface area contributed by atoms with Crippen molar-refractivity contribution in [2.24, 2.45) is 11.8 Å². The predicted octanol–water partition coefficient (Wildman–Crippen LogP) is 4.50. The van der Waals surface area contributed by atoms with Gasteiger partial charge in [-0.3, -0.25) is 29.8 Å². The van der Waals surface area contributed by atoms with E-state index in [9.17, 15) is 24.0 Å². The lowest BCUT2D eigenvalue weighted by Crippen LogP contribution is -2.63. The second-order valence-electron chi connectivity index (χ2n) is 14.2. The molecule has 2 atom stereocenters. The molecule has 2 aromatic rings. The molecule has 2 heterocycles. The zero-order valence-corrected chi connectivity index (χ0v) is 32.0. The summed E-state index contributed by atoms with van der Waals surface area (Å²) in [4.78, 5) is 62.8. The Balaban J connectivity index is 0.000000251. The summed E-state index contributed by atoms with van der Waals surface area (Å²) in [5.74, 6) is 5.09. The predicted molar refractivity (Wildman–Crippen MR) is 204 cm³/mol. The fourth-order valence-corrected chi connectivity index (χ4v) is 7.08. The molecule has 12 heteroatoms. The van der Waals surface area contributed by atoms with Gasteiger partial charge in [-0.1, -0.05) is 102 Å². The minimum absolute atomic E-state index is 0.0109. The van der Waals surface area contributed by atoms with Gasteiger partial charge in [0.15, 0.2) is 0 Å². The van der Waals surface area contributed by atoms with Crippen molar-refractivity contribution in [1.29, 1.82) is 0 Å². The maximum Gasteiger partial charge on any atom is 0.290 e. The Morgan fingerprint density at radius 2 is 1.60 bits per heavy atom. The largest absolute Gasteiger partial charge is 0.377 e. The molecule has 4 aliphatic rings. The number of ether oxygens (including phenoxy) is 1. The molecule has 2 unspecified atom stereocenters. The Hall–Kier alpha value is -3.87. The summed E-state index contributed by atoms with van der Waals surface area (Å²) in [5.41, 5.74) is -0.499. The van der Waals surface area contributed by atoms with Gasteiger partial charge in [0.1, 0.15) is 11.6 Å². The van der Waals surface area contributed by atoms with E-state index in [1.165, 1.54) is 42.0 Å². The van der Waals surface area contributed by atoms with Crippen molar-refractivity contribution in [1.82, 2.24) is 25.9 Å². The van der Waals surface area contributed by atoms with Crippen LogP contribution in [0.1, 0.15) is 109 Å². The number of rotatable bonds is 9. The number of likely N-dealkylation sites (tertiary alicyclic amines) is 1. The van der Waals surface area contributed by atoms with Crippen molar-refractivity contribution in [2.45, 2.75) is 122 Å². The molecule has 0 radical (unpaired) electrons. The SMILES string of the molecule is CC.CC1CCCCC1.CCNC(=O)c1ccc2ccccc2c1.CN(N)C1CC(C(=O)NC2(C(=O)C(=O)NC3COC3)CCCCC2)N(C=O)C1. The molecule has 4 amide bonds. The molecular formula is C40H62N6O6. The van der Waals surface area contributed by atoms with E-state index in [4.69, 9.17) is 10.6 Å². The standard InChI is InChI=1S/C18H29N5O5.C13H13NO.C7H14.C2H6/c1-22(19)13-7-14(23(8-13)11-24)16(26)21-18(5-3-2-4-6-18)15(25)17(27)20-12-9-28-10-12;1-2-14-13(15)12-8-7-10-5-3-4-6-11(10)9-12;1-7-5-3-2-4-6-7;1-2/h11-14H,2-10,19H2,1H3,(H,20,27)(H,21,26);3-9H,2H2,1H3,(H,14,15);7H,2-6H2,1H3;1-2H3. The zero-order chi connectivity index (χ0) is 38.1.